The summed E-state index contributed by atoms with van der Waals surface area (Å²) in [6.07, 6.45) is 3.70. The van der Waals surface area contributed by atoms with Crippen LogP contribution in [0.4, 0.5) is 0 Å². The van der Waals surface area contributed by atoms with Gasteiger partial charge in [-0.3, -0.25) is 0 Å². The van der Waals surface area contributed by atoms with E-state index in [1.54, 1.807) is 0 Å². The molecule has 0 saturated heterocycles. The smallest absolute Gasteiger partial charge is 0.335 e. The number of aliphatic carboxylic acids is 2. The zero-order valence-corrected chi connectivity index (χ0v) is 6.73. The quantitative estimate of drug-likeness (QED) is 0.547. The minimum atomic E-state index is -1.46. The van der Waals surface area contributed by atoms with E-state index >= 15 is 0 Å². The Labute approximate surface area is 74.2 Å². The lowest BCUT2D eigenvalue weighted by atomic mass is 9.90. The first-order chi connectivity index (χ1) is 5.96. The second-order valence-electron chi connectivity index (χ2n) is 2.85. The SMILES string of the molecule is NC1(C(=O)O)C=CC(C(=O)O)=CC1. The average Bonchev–Trinajstić information content (AvgIpc) is 2.04. The van der Waals surface area contributed by atoms with E-state index in [9.17, 15) is 9.59 Å². The highest BCUT2D eigenvalue weighted by atomic mass is 16.4. The summed E-state index contributed by atoms with van der Waals surface area (Å²) in [5.74, 6) is -2.24. The largest absolute Gasteiger partial charge is 0.480 e. The number of hydrogen-bond acceptors (Lipinski definition) is 3. The highest BCUT2D eigenvalue weighted by Crippen LogP contribution is 2.18. The minimum absolute atomic E-state index is 0.000463. The summed E-state index contributed by atoms with van der Waals surface area (Å²) in [6.45, 7) is 0. The molecule has 1 aliphatic carbocycles. The van der Waals surface area contributed by atoms with Gasteiger partial charge in [-0.15, -0.1) is 0 Å². The van der Waals surface area contributed by atoms with Crippen molar-refractivity contribution in [1.82, 2.24) is 0 Å². The zero-order chi connectivity index (χ0) is 10.1. The molecule has 0 fully saturated rings. The van der Waals surface area contributed by atoms with E-state index in [4.69, 9.17) is 15.9 Å². The van der Waals surface area contributed by atoms with Gasteiger partial charge >= 0.3 is 11.9 Å². The van der Waals surface area contributed by atoms with E-state index in [2.05, 4.69) is 0 Å². The molecule has 0 spiro atoms. The Morgan fingerprint density at radius 3 is 2.38 bits per heavy atom. The summed E-state index contributed by atoms with van der Waals surface area (Å²) in [6, 6.07) is 0. The molecule has 1 atom stereocenters. The number of carboxylic acid groups (broad SMARTS) is 2. The molecule has 5 heteroatoms. The van der Waals surface area contributed by atoms with E-state index in [1.807, 2.05) is 0 Å². The van der Waals surface area contributed by atoms with Gasteiger partial charge in [-0.25, -0.2) is 9.59 Å². The average molecular weight is 183 g/mol. The molecule has 5 nitrogen and oxygen atoms in total. The summed E-state index contributed by atoms with van der Waals surface area (Å²) in [4.78, 5) is 21.0. The van der Waals surface area contributed by atoms with Crippen LogP contribution < -0.4 is 5.73 Å². The monoisotopic (exact) mass is 183 g/mol. The van der Waals surface area contributed by atoms with Crippen molar-refractivity contribution >= 4 is 11.9 Å². The van der Waals surface area contributed by atoms with Crippen LogP contribution in [0.5, 0.6) is 0 Å². The van der Waals surface area contributed by atoms with Crippen LogP contribution in [0, 0.1) is 0 Å². The summed E-state index contributed by atoms with van der Waals surface area (Å²) in [7, 11) is 0. The lowest BCUT2D eigenvalue weighted by Gasteiger charge is -2.21. The van der Waals surface area contributed by atoms with Crippen LogP contribution in [0.3, 0.4) is 0 Å². The lowest BCUT2D eigenvalue weighted by Crippen LogP contribution is -2.46. The van der Waals surface area contributed by atoms with Crippen LogP contribution in [0.1, 0.15) is 6.42 Å². The van der Waals surface area contributed by atoms with Crippen LogP contribution in [0.2, 0.25) is 0 Å². The predicted molar refractivity (Wildman–Crippen MR) is 44.0 cm³/mol. The van der Waals surface area contributed by atoms with Crippen LogP contribution in [0.15, 0.2) is 23.8 Å². The Balaban J connectivity index is 2.85. The van der Waals surface area contributed by atoms with Crippen molar-refractivity contribution < 1.29 is 19.8 Å². The van der Waals surface area contributed by atoms with Gasteiger partial charge in [0.15, 0.2) is 0 Å². The summed E-state index contributed by atoms with van der Waals surface area (Å²) >= 11 is 0. The first kappa shape index (κ1) is 9.47. The van der Waals surface area contributed by atoms with Crippen molar-refractivity contribution in [1.29, 1.82) is 0 Å². The number of hydrogen-bond donors (Lipinski definition) is 3. The first-order valence-electron chi connectivity index (χ1n) is 3.61. The fraction of sp³-hybridized carbons (Fsp3) is 0.250. The Bertz CT molecular complexity index is 318. The van der Waals surface area contributed by atoms with Gasteiger partial charge in [-0.1, -0.05) is 12.2 Å². The normalized spacial score (nSPS) is 26.7. The molecule has 4 N–H and O–H groups in total. The van der Waals surface area contributed by atoms with Crippen molar-refractivity contribution in [2.75, 3.05) is 0 Å². The molecule has 0 aromatic rings. The zero-order valence-electron chi connectivity index (χ0n) is 6.73. The molecule has 0 amide bonds. The van der Waals surface area contributed by atoms with Crippen molar-refractivity contribution in [3.05, 3.63) is 23.8 Å². The van der Waals surface area contributed by atoms with E-state index in [0.717, 1.165) is 0 Å². The topological polar surface area (TPSA) is 101 Å². The maximum Gasteiger partial charge on any atom is 0.335 e. The maximum atomic E-state index is 10.6. The second kappa shape index (κ2) is 3.02. The highest BCUT2D eigenvalue weighted by Gasteiger charge is 2.32. The van der Waals surface area contributed by atoms with Gasteiger partial charge in [0.25, 0.3) is 0 Å². The molecule has 1 unspecified atom stereocenters. The second-order valence-corrected chi connectivity index (χ2v) is 2.85. The van der Waals surface area contributed by atoms with Crippen LogP contribution in [-0.4, -0.2) is 27.7 Å². The predicted octanol–water partition coefficient (Wildman–Crippen LogP) is -0.261. The van der Waals surface area contributed by atoms with Crippen molar-refractivity contribution in [2.24, 2.45) is 5.73 Å². The van der Waals surface area contributed by atoms with Crippen LogP contribution >= 0.6 is 0 Å². The molecule has 0 aromatic heterocycles. The molecular weight excluding hydrogens is 174 g/mol. The highest BCUT2D eigenvalue weighted by molar-refractivity contribution is 5.92. The molecule has 0 heterocycles. The van der Waals surface area contributed by atoms with Gasteiger partial charge in [0.1, 0.15) is 5.54 Å². The van der Waals surface area contributed by atoms with Gasteiger partial charge in [0.05, 0.1) is 5.57 Å². The van der Waals surface area contributed by atoms with E-state index < -0.39 is 17.5 Å². The molecular formula is C8H9NO4. The summed E-state index contributed by atoms with van der Waals surface area (Å²) < 4.78 is 0. The van der Waals surface area contributed by atoms with Crippen LogP contribution in [0.25, 0.3) is 0 Å². The fourth-order valence-corrected chi connectivity index (χ4v) is 0.971. The molecule has 70 valence electrons. The summed E-state index contributed by atoms with van der Waals surface area (Å²) in [5, 5.41) is 17.2. The van der Waals surface area contributed by atoms with Gasteiger partial charge in [0, 0.05) is 0 Å². The van der Waals surface area contributed by atoms with Gasteiger partial charge < -0.3 is 15.9 Å². The van der Waals surface area contributed by atoms with Gasteiger partial charge in [-0.2, -0.15) is 0 Å². The first-order valence-corrected chi connectivity index (χ1v) is 3.61. The Morgan fingerprint density at radius 1 is 1.46 bits per heavy atom. The van der Waals surface area contributed by atoms with E-state index in [-0.39, 0.29) is 12.0 Å². The van der Waals surface area contributed by atoms with Crippen molar-refractivity contribution in [2.45, 2.75) is 12.0 Å². The Kier molecular flexibility index (Phi) is 2.20. The molecule has 0 radical (unpaired) electrons. The van der Waals surface area contributed by atoms with Gasteiger partial charge in [-0.05, 0) is 12.5 Å². The summed E-state index contributed by atoms with van der Waals surface area (Å²) in [5.41, 5.74) is 4.05. The number of nitrogens with two attached hydrogens (primary N) is 1. The third-order valence-electron chi connectivity index (χ3n) is 1.87. The molecule has 1 rings (SSSR count). The Morgan fingerprint density at radius 2 is 2.08 bits per heavy atom. The molecule has 0 aromatic carbocycles. The third kappa shape index (κ3) is 1.75. The minimum Gasteiger partial charge on any atom is -0.480 e. The molecule has 0 aliphatic heterocycles. The molecule has 0 saturated carbocycles. The molecule has 1 aliphatic rings. The van der Waals surface area contributed by atoms with Crippen molar-refractivity contribution in [3.8, 4) is 0 Å². The molecule has 0 bridgehead atoms. The number of carboxylic acids is 2. The van der Waals surface area contributed by atoms with Crippen molar-refractivity contribution in [3.63, 3.8) is 0 Å². The maximum absolute atomic E-state index is 10.6. The Hall–Kier alpha value is -1.62. The third-order valence-corrected chi connectivity index (χ3v) is 1.87. The standard InChI is InChI=1S/C8H9NO4/c9-8(7(12)13)3-1-5(2-4-8)6(10)11/h1-3H,4,9H2,(H,10,11)(H,12,13). The lowest BCUT2D eigenvalue weighted by molar-refractivity contribution is -0.141. The fourth-order valence-electron chi connectivity index (χ4n) is 0.971. The molecule has 13 heavy (non-hydrogen) atoms. The van der Waals surface area contributed by atoms with Crippen LogP contribution in [-0.2, 0) is 9.59 Å². The van der Waals surface area contributed by atoms with E-state index in [1.165, 1.54) is 18.2 Å². The number of carbonyl (C=O) groups is 2. The van der Waals surface area contributed by atoms with Gasteiger partial charge in [0.2, 0.25) is 0 Å². The number of rotatable bonds is 2. The van der Waals surface area contributed by atoms with E-state index in [0.29, 0.717) is 0 Å².